The summed E-state index contributed by atoms with van der Waals surface area (Å²) in [5, 5.41) is 21.6. The number of imidazole rings is 1. The van der Waals surface area contributed by atoms with Gasteiger partial charge in [-0.15, -0.1) is 0 Å². The summed E-state index contributed by atoms with van der Waals surface area (Å²) < 4.78 is 12.6. The first-order valence-corrected chi connectivity index (χ1v) is 11.8. The second-order valence-corrected chi connectivity index (χ2v) is 8.56. The van der Waals surface area contributed by atoms with Crippen LogP contribution >= 0.6 is 11.6 Å². The third-order valence-corrected chi connectivity index (χ3v) is 6.23. The number of aromatic nitrogens is 2. The first-order chi connectivity index (χ1) is 17.3. The largest absolute Gasteiger partial charge is 0.507 e. The molecule has 1 amide bonds. The number of benzene rings is 2. The molecule has 9 nitrogen and oxygen atoms in total. The minimum Gasteiger partial charge on any atom is -0.507 e. The van der Waals surface area contributed by atoms with Crippen LogP contribution in [-0.4, -0.2) is 56.6 Å². The molecule has 2 N–H and O–H groups in total. The Kier molecular flexibility index (Phi) is 7.49. The Bertz CT molecular complexity index is 1310. The maximum atomic E-state index is 13.2. The Morgan fingerprint density at radius 3 is 2.61 bits per heavy atom. The maximum absolute atomic E-state index is 13.2. The molecule has 36 heavy (non-hydrogen) atoms. The highest BCUT2D eigenvalue weighted by atomic mass is 35.5. The number of nitrogens with zero attached hydrogens (tertiary/aromatic N) is 3. The Hall–Kier alpha value is -3.98. The Balaban J connectivity index is 1.77. The standard InChI is InChI=1S/C26H26ClN3O6/c1-3-36-20-8-6-17(13-18(20)27)24(32)22-23(16-5-7-19(31)21(14-16)35-2)30(26(34)25(22)33)11-4-10-29-12-9-28-15-29/h5-9,12-15,23,31-32H,3-4,10-11H2,1-2H3/t23-/m0/s1. The molecule has 2 heterocycles. The van der Waals surface area contributed by atoms with E-state index in [0.29, 0.717) is 30.9 Å². The van der Waals surface area contributed by atoms with E-state index in [9.17, 15) is 19.8 Å². The molecule has 0 bridgehead atoms. The average molecular weight is 512 g/mol. The third-order valence-electron chi connectivity index (χ3n) is 5.94. The number of amides is 1. The number of ether oxygens (including phenoxy) is 2. The molecule has 3 aromatic rings. The topological polar surface area (TPSA) is 114 Å². The quantitative estimate of drug-likeness (QED) is 0.252. The summed E-state index contributed by atoms with van der Waals surface area (Å²) in [6.07, 6.45) is 5.69. The van der Waals surface area contributed by atoms with Gasteiger partial charge in [-0.05, 0) is 49.2 Å². The summed E-state index contributed by atoms with van der Waals surface area (Å²) in [6, 6.07) is 8.33. The number of aromatic hydroxyl groups is 1. The number of halogens is 1. The van der Waals surface area contributed by atoms with Gasteiger partial charge in [-0.3, -0.25) is 9.59 Å². The molecule has 188 valence electrons. The predicted octanol–water partition coefficient (Wildman–Crippen LogP) is 4.16. The van der Waals surface area contributed by atoms with E-state index in [0.717, 1.165) is 0 Å². The van der Waals surface area contributed by atoms with E-state index in [2.05, 4.69) is 4.98 Å². The Morgan fingerprint density at radius 2 is 1.94 bits per heavy atom. The van der Waals surface area contributed by atoms with Crippen molar-refractivity contribution in [2.24, 2.45) is 0 Å². The minimum atomic E-state index is -0.896. The molecule has 2 aromatic carbocycles. The van der Waals surface area contributed by atoms with Gasteiger partial charge in [0.2, 0.25) is 0 Å². The van der Waals surface area contributed by atoms with Crippen molar-refractivity contribution in [3.05, 3.63) is 76.8 Å². The van der Waals surface area contributed by atoms with Gasteiger partial charge >= 0.3 is 0 Å². The predicted molar refractivity (Wildman–Crippen MR) is 133 cm³/mol. The number of ketones is 1. The maximum Gasteiger partial charge on any atom is 0.295 e. The molecule has 1 saturated heterocycles. The van der Waals surface area contributed by atoms with Gasteiger partial charge in [0.25, 0.3) is 11.7 Å². The van der Waals surface area contributed by atoms with Crippen molar-refractivity contribution in [3.63, 3.8) is 0 Å². The highest BCUT2D eigenvalue weighted by molar-refractivity contribution is 6.46. The monoisotopic (exact) mass is 511 g/mol. The fraction of sp³-hybridized carbons (Fsp3) is 0.269. The minimum absolute atomic E-state index is 0.0735. The number of aliphatic hydroxyl groups excluding tert-OH is 1. The normalized spacial score (nSPS) is 17.0. The zero-order valence-corrected chi connectivity index (χ0v) is 20.6. The number of hydrogen-bond donors (Lipinski definition) is 2. The lowest BCUT2D eigenvalue weighted by molar-refractivity contribution is -0.139. The van der Waals surface area contributed by atoms with E-state index >= 15 is 0 Å². The summed E-state index contributed by atoms with van der Waals surface area (Å²) in [5.74, 6) is -1.35. The van der Waals surface area contributed by atoms with Crippen LogP contribution in [0.25, 0.3) is 5.76 Å². The van der Waals surface area contributed by atoms with E-state index in [4.69, 9.17) is 21.1 Å². The van der Waals surface area contributed by atoms with Crippen LogP contribution in [0.15, 0.2) is 60.7 Å². The number of aryl methyl sites for hydroxylation is 1. The number of likely N-dealkylation sites (tertiary alicyclic amines) is 1. The third kappa shape index (κ3) is 4.87. The number of rotatable bonds is 9. The van der Waals surface area contributed by atoms with E-state index in [1.165, 1.54) is 24.1 Å². The van der Waals surface area contributed by atoms with E-state index in [-0.39, 0.29) is 40.0 Å². The molecule has 1 fully saturated rings. The summed E-state index contributed by atoms with van der Waals surface area (Å²) in [4.78, 5) is 31.8. The van der Waals surface area contributed by atoms with Crippen LogP contribution in [-0.2, 0) is 16.1 Å². The van der Waals surface area contributed by atoms with Gasteiger partial charge in [-0.1, -0.05) is 17.7 Å². The van der Waals surface area contributed by atoms with Gasteiger partial charge in [0.15, 0.2) is 11.5 Å². The number of Topliss-reactive ketones (excluding diaryl/α,β-unsaturated/α-hetero) is 1. The van der Waals surface area contributed by atoms with Crippen LogP contribution in [0.2, 0.25) is 5.02 Å². The molecule has 0 spiro atoms. The summed E-state index contributed by atoms with van der Waals surface area (Å²) >= 11 is 6.31. The molecule has 1 aliphatic rings. The lowest BCUT2D eigenvalue weighted by Crippen LogP contribution is -2.31. The highest BCUT2D eigenvalue weighted by Gasteiger charge is 2.46. The Morgan fingerprint density at radius 1 is 1.14 bits per heavy atom. The fourth-order valence-electron chi connectivity index (χ4n) is 4.24. The average Bonchev–Trinajstić information content (AvgIpc) is 3.47. The molecular formula is C26H26ClN3O6. The van der Waals surface area contributed by atoms with Crippen LogP contribution in [0.3, 0.4) is 0 Å². The van der Waals surface area contributed by atoms with Crippen LogP contribution in [0.1, 0.15) is 30.5 Å². The number of methoxy groups -OCH3 is 1. The zero-order valence-electron chi connectivity index (χ0n) is 19.8. The fourth-order valence-corrected chi connectivity index (χ4v) is 4.48. The number of phenolic OH excluding ortho intramolecular Hbond substituents is 1. The summed E-state index contributed by atoms with van der Waals surface area (Å²) in [5.41, 5.74) is 0.705. The number of hydrogen-bond acceptors (Lipinski definition) is 7. The van der Waals surface area contributed by atoms with Gasteiger partial charge in [-0.2, -0.15) is 0 Å². The molecule has 0 saturated carbocycles. The second-order valence-electron chi connectivity index (χ2n) is 8.16. The number of carbonyl (C=O) groups excluding carboxylic acids is 2. The van der Waals surface area contributed by atoms with E-state index in [1.54, 1.807) is 36.8 Å². The molecule has 1 aliphatic heterocycles. The lowest BCUT2D eigenvalue weighted by Gasteiger charge is -2.26. The van der Waals surface area contributed by atoms with Crippen molar-refractivity contribution in [1.29, 1.82) is 0 Å². The molecule has 0 radical (unpaired) electrons. The van der Waals surface area contributed by atoms with E-state index < -0.39 is 17.7 Å². The van der Waals surface area contributed by atoms with Gasteiger partial charge < -0.3 is 29.2 Å². The molecule has 1 atom stereocenters. The zero-order chi connectivity index (χ0) is 25.8. The van der Waals surface area contributed by atoms with Crippen molar-refractivity contribution >= 4 is 29.1 Å². The summed E-state index contributed by atoms with van der Waals surface area (Å²) in [7, 11) is 1.41. The highest BCUT2D eigenvalue weighted by Crippen LogP contribution is 2.42. The lowest BCUT2D eigenvalue weighted by atomic mass is 9.95. The van der Waals surface area contributed by atoms with Crippen LogP contribution < -0.4 is 9.47 Å². The molecule has 0 aliphatic carbocycles. The van der Waals surface area contributed by atoms with Crippen molar-refractivity contribution in [3.8, 4) is 17.2 Å². The number of phenols is 1. The molecule has 10 heteroatoms. The number of carbonyl (C=O) groups is 2. The van der Waals surface area contributed by atoms with Crippen LogP contribution in [0, 0.1) is 0 Å². The van der Waals surface area contributed by atoms with Crippen molar-refractivity contribution in [2.45, 2.75) is 25.9 Å². The molecular weight excluding hydrogens is 486 g/mol. The van der Waals surface area contributed by atoms with Gasteiger partial charge in [0.1, 0.15) is 11.5 Å². The van der Waals surface area contributed by atoms with Crippen molar-refractivity contribution in [1.82, 2.24) is 14.5 Å². The molecule has 1 aromatic heterocycles. The van der Waals surface area contributed by atoms with Crippen molar-refractivity contribution < 1.29 is 29.3 Å². The van der Waals surface area contributed by atoms with E-state index in [1.807, 2.05) is 17.7 Å². The van der Waals surface area contributed by atoms with Crippen LogP contribution in [0.5, 0.6) is 17.2 Å². The smallest absolute Gasteiger partial charge is 0.295 e. The van der Waals surface area contributed by atoms with Crippen molar-refractivity contribution in [2.75, 3.05) is 20.3 Å². The molecule has 0 unspecified atom stereocenters. The first-order valence-electron chi connectivity index (χ1n) is 11.4. The van der Waals surface area contributed by atoms with Gasteiger partial charge in [0, 0.05) is 31.0 Å². The molecule has 4 rings (SSSR count). The SMILES string of the molecule is CCOc1ccc(C(O)=C2C(=O)C(=O)N(CCCn3ccnc3)[C@H]2c2ccc(O)c(OC)c2)cc1Cl. The number of aliphatic hydroxyl groups is 1. The summed E-state index contributed by atoms with van der Waals surface area (Å²) in [6.45, 7) is 3.07. The Labute approximate surface area is 213 Å². The van der Waals surface area contributed by atoms with Crippen LogP contribution in [0.4, 0.5) is 0 Å². The van der Waals surface area contributed by atoms with Gasteiger partial charge in [0.05, 0.1) is 36.7 Å². The first kappa shape index (κ1) is 25.1. The second kappa shape index (κ2) is 10.7. The van der Waals surface area contributed by atoms with Gasteiger partial charge in [-0.25, -0.2) is 4.98 Å².